The summed E-state index contributed by atoms with van der Waals surface area (Å²) in [5, 5.41) is 3.67. The van der Waals surface area contributed by atoms with Gasteiger partial charge in [0, 0.05) is 6.04 Å². The maximum atomic E-state index is 3.67. The monoisotopic (exact) mass is 203 g/mol. The minimum absolute atomic E-state index is 0.584. The van der Waals surface area contributed by atoms with Gasteiger partial charge in [0.1, 0.15) is 0 Å². The molecule has 0 aromatic heterocycles. The highest BCUT2D eigenvalue weighted by molar-refractivity contribution is 5.19. The van der Waals surface area contributed by atoms with Crippen molar-refractivity contribution in [2.45, 2.75) is 32.7 Å². The highest BCUT2D eigenvalue weighted by Gasteiger charge is 2.23. The molecule has 0 saturated carbocycles. The van der Waals surface area contributed by atoms with Crippen LogP contribution in [0.5, 0.6) is 0 Å². The molecular weight excluding hydrogens is 182 g/mol. The number of hydrogen-bond acceptors (Lipinski definition) is 1. The minimum atomic E-state index is 0.584. The summed E-state index contributed by atoms with van der Waals surface area (Å²) in [7, 11) is 0. The Labute approximate surface area is 92.9 Å². The zero-order valence-corrected chi connectivity index (χ0v) is 9.74. The second-order valence-electron chi connectivity index (χ2n) is 4.95. The standard InChI is InChI=1S/C14H21N/c1-11(2)13-8-9-14(15-10-13)12-6-4-3-5-7-12/h3-7,11,13-15H,8-10H2,1-2H3. The molecule has 0 spiro atoms. The Morgan fingerprint density at radius 2 is 1.87 bits per heavy atom. The van der Waals surface area contributed by atoms with Gasteiger partial charge in [-0.2, -0.15) is 0 Å². The van der Waals surface area contributed by atoms with Crippen LogP contribution in [0.4, 0.5) is 0 Å². The molecule has 82 valence electrons. The van der Waals surface area contributed by atoms with E-state index in [1.807, 2.05) is 0 Å². The molecule has 0 radical (unpaired) electrons. The average molecular weight is 203 g/mol. The van der Waals surface area contributed by atoms with Crippen molar-refractivity contribution >= 4 is 0 Å². The molecule has 1 nitrogen and oxygen atoms in total. The second kappa shape index (κ2) is 4.80. The summed E-state index contributed by atoms with van der Waals surface area (Å²) < 4.78 is 0. The van der Waals surface area contributed by atoms with Crippen molar-refractivity contribution in [2.75, 3.05) is 6.54 Å². The van der Waals surface area contributed by atoms with Gasteiger partial charge in [0.2, 0.25) is 0 Å². The smallest absolute Gasteiger partial charge is 0.0320 e. The van der Waals surface area contributed by atoms with Gasteiger partial charge in [-0.25, -0.2) is 0 Å². The lowest BCUT2D eigenvalue weighted by Crippen LogP contribution is -2.35. The fourth-order valence-electron chi connectivity index (χ4n) is 2.42. The molecule has 0 amide bonds. The normalized spacial score (nSPS) is 26.9. The first kappa shape index (κ1) is 10.7. The van der Waals surface area contributed by atoms with Gasteiger partial charge in [0.05, 0.1) is 0 Å². The fraction of sp³-hybridized carbons (Fsp3) is 0.571. The number of piperidine rings is 1. The van der Waals surface area contributed by atoms with Gasteiger partial charge >= 0.3 is 0 Å². The Morgan fingerprint density at radius 1 is 1.13 bits per heavy atom. The third-order valence-electron chi connectivity index (χ3n) is 3.60. The highest BCUT2D eigenvalue weighted by Crippen LogP contribution is 2.28. The third-order valence-corrected chi connectivity index (χ3v) is 3.60. The van der Waals surface area contributed by atoms with Gasteiger partial charge < -0.3 is 5.32 Å². The Balaban J connectivity index is 1.94. The van der Waals surface area contributed by atoms with Crippen molar-refractivity contribution in [3.63, 3.8) is 0 Å². The predicted octanol–water partition coefficient (Wildman–Crippen LogP) is 3.38. The number of hydrogen-bond donors (Lipinski definition) is 1. The lowest BCUT2D eigenvalue weighted by molar-refractivity contribution is 0.255. The highest BCUT2D eigenvalue weighted by atomic mass is 14.9. The lowest BCUT2D eigenvalue weighted by Gasteiger charge is -2.32. The van der Waals surface area contributed by atoms with E-state index >= 15 is 0 Å². The predicted molar refractivity (Wildman–Crippen MR) is 64.7 cm³/mol. The number of nitrogens with one attached hydrogen (secondary N) is 1. The molecule has 15 heavy (non-hydrogen) atoms. The summed E-state index contributed by atoms with van der Waals surface area (Å²) in [4.78, 5) is 0. The molecule has 1 N–H and O–H groups in total. The van der Waals surface area contributed by atoms with Crippen molar-refractivity contribution in [3.05, 3.63) is 35.9 Å². The number of benzene rings is 1. The molecule has 1 heteroatoms. The van der Waals surface area contributed by atoms with Crippen molar-refractivity contribution in [2.24, 2.45) is 11.8 Å². The van der Waals surface area contributed by atoms with Gasteiger partial charge in [-0.05, 0) is 36.8 Å². The van der Waals surface area contributed by atoms with Gasteiger partial charge in [0.15, 0.2) is 0 Å². The van der Waals surface area contributed by atoms with E-state index in [0.717, 1.165) is 11.8 Å². The number of rotatable bonds is 2. The van der Waals surface area contributed by atoms with Crippen molar-refractivity contribution in [1.82, 2.24) is 5.32 Å². The van der Waals surface area contributed by atoms with Crippen LogP contribution >= 0.6 is 0 Å². The van der Waals surface area contributed by atoms with Crippen LogP contribution in [0.1, 0.15) is 38.3 Å². The van der Waals surface area contributed by atoms with E-state index in [9.17, 15) is 0 Å². The molecule has 1 saturated heterocycles. The van der Waals surface area contributed by atoms with E-state index in [1.54, 1.807) is 0 Å². The molecule has 2 unspecified atom stereocenters. The Hall–Kier alpha value is -0.820. The molecule has 1 heterocycles. The maximum absolute atomic E-state index is 3.67. The minimum Gasteiger partial charge on any atom is -0.310 e. The molecule has 1 aliphatic heterocycles. The van der Waals surface area contributed by atoms with Gasteiger partial charge in [-0.3, -0.25) is 0 Å². The maximum Gasteiger partial charge on any atom is 0.0320 e. The Bertz CT molecular complexity index is 283. The quantitative estimate of drug-likeness (QED) is 0.777. The molecule has 0 bridgehead atoms. The van der Waals surface area contributed by atoms with E-state index in [-0.39, 0.29) is 0 Å². The van der Waals surface area contributed by atoms with Gasteiger partial charge in [-0.1, -0.05) is 44.2 Å². The van der Waals surface area contributed by atoms with Gasteiger partial charge in [-0.15, -0.1) is 0 Å². The molecule has 1 aromatic rings. The Morgan fingerprint density at radius 3 is 2.40 bits per heavy atom. The summed E-state index contributed by atoms with van der Waals surface area (Å²) in [5.41, 5.74) is 1.44. The van der Waals surface area contributed by atoms with Crippen LogP contribution < -0.4 is 5.32 Å². The van der Waals surface area contributed by atoms with E-state index in [4.69, 9.17) is 0 Å². The fourth-order valence-corrected chi connectivity index (χ4v) is 2.42. The van der Waals surface area contributed by atoms with E-state index in [1.165, 1.54) is 24.9 Å². The molecule has 2 atom stereocenters. The van der Waals surface area contributed by atoms with Crippen LogP contribution in [0, 0.1) is 11.8 Å². The van der Waals surface area contributed by atoms with Crippen LogP contribution in [0.15, 0.2) is 30.3 Å². The van der Waals surface area contributed by atoms with E-state index in [2.05, 4.69) is 49.5 Å². The van der Waals surface area contributed by atoms with Crippen molar-refractivity contribution in [1.29, 1.82) is 0 Å². The van der Waals surface area contributed by atoms with Gasteiger partial charge in [0.25, 0.3) is 0 Å². The van der Waals surface area contributed by atoms with Crippen LogP contribution in [-0.2, 0) is 0 Å². The third kappa shape index (κ3) is 2.60. The summed E-state index contributed by atoms with van der Waals surface area (Å²) in [5.74, 6) is 1.68. The largest absolute Gasteiger partial charge is 0.310 e. The van der Waals surface area contributed by atoms with Crippen molar-refractivity contribution in [3.8, 4) is 0 Å². The zero-order chi connectivity index (χ0) is 10.7. The summed E-state index contributed by atoms with van der Waals surface area (Å²) >= 11 is 0. The average Bonchev–Trinajstić information content (AvgIpc) is 2.30. The zero-order valence-electron chi connectivity index (χ0n) is 9.74. The Kier molecular flexibility index (Phi) is 3.42. The summed E-state index contributed by atoms with van der Waals surface area (Å²) in [6.07, 6.45) is 2.65. The van der Waals surface area contributed by atoms with E-state index in [0.29, 0.717) is 6.04 Å². The molecule has 1 aromatic carbocycles. The molecule has 0 aliphatic carbocycles. The molecular formula is C14H21N. The van der Waals surface area contributed by atoms with E-state index < -0.39 is 0 Å². The lowest BCUT2D eigenvalue weighted by atomic mass is 9.84. The van der Waals surface area contributed by atoms with Crippen LogP contribution in [-0.4, -0.2) is 6.54 Å². The molecule has 2 rings (SSSR count). The van der Waals surface area contributed by atoms with Crippen LogP contribution in [0.25, 0.3) is 0 Å². The summed E-state index contributed by atoms with van der Waals surface area (Å²) in [6, 6.07) is 11.4. The first-order valence-corrected chi connectivity index (χ1v) is 6.05. The SMILES string of the molecule is CC(C)C1CCC(c2ccccc2)NC1. The topological polar surface area (TPSA) is 12.0 Å². The molecule has 1 fully saturated rings. The van der Waals surface area contributed by atoms with Crippen LogP contribution in [0.2, 0.25) is 0 Å². The first-order chi connectivity index (χ1) is 7.27. The summed E-state index contributed by atoms with van der Waals surface area (Å²) in [6.45, 7) is 5.83. The first-order valence-electron chi connectivity index (χ1n) is 6.05. The van der Waals surface area contributed by atoms with Crippen LogP contribution in [0.3, 0.4) is 0 Å². The second-order valence-corrected chi connectivity index (χ2v) is 4.95. The van der Waals surface area contributed by atoms with Crippen molar-refractivity contribution < 1.29 is 0 Å². The molecule has 1 aliphatic rings.